The number of anilines is 1. The Morgan fingerprint density at radius 2 is 2.16 bits per heavy atom. The van der Waals surface area contributed by atoms with Gasteiger partial charge in [-0.05, 0) is 36.5 Å². The zero-order valence-corrected chi connectivity index (χ0v) is 11.2. The molecule has 0 radical (unpaired) electrons. The fourth-order valence-electron chi connectivity index (χ4n) is 1.88. The number of benzene rings is 1. The van der Waals surface area contributed by atoms with E-state index in [4.69, 9.17) is 16.7 Å². The van der Waals surface area contributed by atoms with Crippen LogP contribution in [0.5, 0.6) is 0 Å². The highest BCUT2D eigenvalue weighted by molar-refractivity contribution is 6.31. The van der Waals surface area contributed by atoms with Crippen molar-refractivity contribution < 1.29 is 14.7 Å². The molecule has 5 nitrogen and oxygen atoms in total. The average Bonchev–Trinajstić information content (AvgIpc) is 3.02. The summed E-state index contributed by atoms with van der Waals surface area (Å²) in [6.07, 6.45) is 1.12. The molecule has 1 aromatic rings. The third-order valence-electron chi connectivity index (χ3n) is 3.26. The smallest absolute Gasteiger partial charge is 0.337 e. The van der Waals surface area contributed by atoms with E-state index >= 15 is 0 Å². The van der Waals surface area contributed by atoms with Gasteiger partial charge in [0, 0.05) is 11.6 Å². The van der Waals surface area contributed by atoms with Crippen LogP contribution in [-0.4, -0.2) is 23.7 Å². The predicted octanol–water partition coefficient (Wildman–Crippen LogP) is 2.82. The maximum absolute atomic E-state index is 11.7. The molecule has 1 fully saturated rings. The molecule has 0 saturated heterocycles. The van der Waals surface area contributed by atoms with Gasteiger partial charge in [0.1, 0.15) is 0 Å². The number of hydrogen-bond acceptors (Lipinski definition) is 2. The number of carbonyl (C=O) groups is 2. The highest BCUT2D eigenvalue weighted by Crippen LogP contribution is 2.36. The first-order valence-electron chi connectivity index (χ1n) is 6.05. The summed E-state index contributed by atoms with van der Waals surface area (Å²) < 4.78 is 0. The molecule has 3 N–H and O–H groups in total. The van der Waals surface area contributed by atoms with Crippen LogP contribution in [0.3, 0.4) is 0 Å². The first-order chi connectivity index (χ1) is 8.97. The van der Waals surface area contributed by atoms with Gasteiger partial charge in [0.15, 0.2) is 0 Å². The Balaban J connectivity index is 1.98. The maximum Gasteiger partial charge on any atom is 0.337 e. The summed E-state index contributed by atoms with van der Waals surface area (Å²) in [4.78, 5) is 22.7. The molecule has 1 aromatic carbocycles. The number of nitrogens with one attached hydrogen (secondary N) is 2. The van der Waals surface area contributed by atoms with Crippen molar-refractivity contribution >= 4 is 29.3 Å². The Morgan fingerprint density at radius 3 is 2.74 bits per heavy atom. The van der Waals surface area contributed by atoms with Crippen molar-refractivity contribution in [2.24, 2.45) is 11.8 Å². The zero-order chi connectivity index (χ0) is 14.0. The number of urea groups is 1. The number of aromatic carboxylic acids is 1. The van der Waals surface area contributed by atoms with Crippen LogP contribution in [0.15, 0.2) is 18.2 Å². The molecule has 2 atom stereocenters. The summed E-state index contributed by atoms with van der Waals surface area (Å²) in [5.41, 5.74) is 0.209. The van der Waals surface area contributed by atoms with Crippen molar-refractivity contribution in [2.45, 2.75) is 13.3 Å². The summed E-state index contributed by atoms with van der Waals surface area (Å²) in [5.74, 6) is 0.0767. The summed E-state index contributed by atoms with van der Waals surface area (Å²) in [5, 5.41) is 14.6. The average molecular weight is 283 g/mol. The minimum absolute atomic E-state index is 0.0133. The van der Waals surface area contributed by atoms with Gasteiger partial charge < -0.3 is 15.7 Å². The monoisotopic (exact) mass is 282 g/mol. The Hall–Kier alpha value is -1.75. The van der Waals surface area contributed by atoms with Gasteiger partial charge in [-0.25, -0.2) is 9.59 Å². The molecule has 1 aliphatic rings. The van der Waals surface area contributed by atoms with Crippen LogP contribution in [0.1, 0.15) is 23.7 Å². The molecule has 6 heteroatoms. The number of amides is 2. The van der Waals surface area contributed by atoms with E-state index in [-0.39, 0.29) is 11.3 Å². The molecule has 19 heavy (non-hydrogen) atoms. The molecular weight excluding hydrogens is 268 g/mol. The first-order valence-corrected chi connectivity index (χ1v) is 6.43. The van der Waals surface area contributed by atoms with Crippen LogP contribution in [0.4, 0.5) is 10.5 Å². The van der Waals surface area contributed by atoms with E-state index < -0.39 is 12.0 Å². The van der Waals surface area contributed by atoms with Crippen molar-refractivity contribution in [2.75, 3.05) is 11.9 Å². The molecule has 0 bridgehead atoms. The molecular formula is C13H15ClN2O3. The van der Waals surface area contributed by atoms with Crippen LogP contribution < -0.4 is 10.6 Å². The van der Waals surface area contributed by atoms with E-state index in [2.05, 4.69) is 17.6 Å². The number of carboxylic acid groups (broad SMARTS) is 1. The second-order valence-corrected chi connectivity index (χ2v) is 5.24. The van der Waals surface area contributed by atoms with Crippen LogP contribution in [0.25, 0.3) is 0 Å². The molecule has 2 rings (SSSR count). The molecule has 0 spiro atoms. The summed E-state index contributed by atoms with van der Waals surface area (Å²) in [6, 6.07) is 3.84. The summed E-state index contributed by atoms with van der Waals surface area (Å²) in [6.45, 7) is 2.74. The standard InChI is InChI=1S/C13H15ClN2O3/c1-7-4-8(7)6-15-13(19)16-11-5-9(14)2-3-10(11)12(17)18/h2-3,5,7-8H,4,6H2,1H3,(H,17,18)(H2,15,16,19). The molecule has 102 valence electrons. The van der Waals surface area contributed by atoms with E-state index in [1.807, 2.05) is 0 Å². The largest absolute Gasteiger partial charge is 0.478 e. The second-order valence-electron chi connectivity index (χ2n) is 4.80. The minimum atomic E-state index is -1.11. The van der Waals surface area contributed by atoms with Crippen LogP contribution in [-0.2, 0) is 0 Å². The van der Waals surface area contributed by atoms with Crippen molar-refractivity contribution in [3.05, 3.63) is 28.8 Å². The van der Waals surface area contributed by atoms with Gasteiger partial charge in [0.2, 0.25) is 0 Å². The lowest BCUT2D eigenvalue weighted by molar-refractivity contribution is 0.0698. The lowest BCUT2D eigenvalue weighted by atomic mass is 10.2. The Labute approximate surface area is 116 Å². The van der Waals surface area contributed by atoms with Crippen LogP contribution >= 0.6 is 11.6 Å². The molecule has 0 heterocycles. The first kappa shape index (κ1) is 13.7. The van der Waals surface area contributed by atoms with Crippen molar-refractivity contribution in [3.63, 3.8) is 0 Å². The van der Waals surface area contributed by atoms with Gasteiger partial charge in [-0.1, -0.05) is 18.5 Å². The topological polar surface area (TPSA) is 78.4 Å². The van der Waals surface area contributed by atoms with Gasteiger partial charge in [0.25, 0.3) is 0 Å². The Kier molecular flexibility index (Phi) is 3.95. The molecule has 2 unspecified atom stereocenters. The highest BCUT2D eigenvalue weighted by Gasteiger charge is 2.32. The lowest BCUT2D eigenvalue weighted by Gasteiger charge is -2.10. The number of rotatable bonds is 4. The van der Waals surface area contributed by atoms with E-state index in [9.17, 15) is 9.59 Å². The number of carboxylic acids is 1. The third kappa shape index (κ3) is 3.61. The number of carbonyl (C=O) groups excluding carboxylic acids is 1. The lowest BCUT2D eigenvalue weighted by Crippen LogP contribution is -2.31. The van der Waals surface area contributed by atoms with Crippen molar-refractivity contribution in [1.82, 2.24) is 5.32 Å². The Morgan fingerprint density at radius 1 is 1.47 bits per heavy atom. The predicted molar refractivity (Wildman–Crippen MR) is 72.7 cm³/mol. The van der Waals surface area contributed by atoms with Gasteiger partial charge >= 0.3 is 12.0 Å². The van der Waals surface area contributed by atoms with Gasteiger partial charge in [-0.2, -0.15) is 0 Å². The molecule has 1 saturated carbocycles. The van der Waals surface area contributed by atoms with E-state index in [0.29, 0.717) is 23.4 Å². The maximum atomic E-state index is 11.7. The summed E-state index contributed by atoms with van der Waals surface area (Å²) >= 11 is 5.80. The fourth-order valence-corrected chi connectivity index (χ4v) is 2.05. The summed E-state index contributed by atoms with van der Waals surface area (Å²) in [7, 11) is 0. The molecule has 0 aromatic heterocycles. The Bertz CT molecular complexity index is 519. The van der Waals surface area contributed by atoms with Gasteiger partial charge in [-0.15, -0.1) is 0 Å². The quantitative estimate of drug-likeness (QED) is 0.794. The second kappa shape index (κ2) is 5.48. The normalized spacial score (nSPS) is 20.7. The molecule has 1 aliphatic carbocycles. The SMILES string of the molecule is CC1CC1CNC(=O)Nc1cc(Cl)ccc1C(=O)O. The number of hydrogen-bond donors (Lipinski definition) is 3. The van der Waals surface area contributed by atoms with E-state index in [1.165, 1.54) is 18.2 Å². The van der Waals surface area contributed by atoms with Crippen LogP contribution in [0.2, 0.25) is 5.02 Å². The molecule has 2 amide bonds. The van der Waals surface area contributed by atoms with Gasteiger partial charge in [0.05, 0.1) is 11.3 Å². The van der Waals surface area contributed by atoms with Crippen molar-refractivity contribution in [1.29, 1.82) is 0 Å². The van der Waals surface area contributed by atoms with Gasteiger partial charge in [-0.3, -0.25) is 0 Å². The minimum Gasteiger partial charge on any atom is -0.478 e. The fraction of sp³-hybridized carbons (Fsp3) is 0.385. The number of halogens is 1. The van der Waals surface area contributed by atoms with Crippen molar-refractivity contribution in [3.8, 4) is 0 Å². The molecule has 0 aliphatic heterocycles. The third-order valence-corrected chi connectivity index (χ3v) is 3.50. The highest BCUT2D eigenvalue weighted by atomic mass is 35.5. The van der Waals surface area contributed by atoms with Crippen LogP contribution in [0, 0.1) is 11.8 Å². The van der Waals surface area contributed by atoms with E-state index in [1.54, 1.807) is 0 Å². The van der Waals surface area contributed by atoms with E-state index in [0.717, 1.165) is 6.42 Å². The zero-order valence-electron chi connectivity index (χ0n) is 10.4.